The van der Waals surface area contributed by atoms with Gasteiger partial charge < -0.3 is 15.5 Å². The average molecular weight is 478 g/mol. The predicted octanol–water partition coefficient (Wildman–Crippen LogP) is 2.70. The second kappa shape index (κ2) is 9.72. The highest BCUT2D eigenvalue weighted by Gasteiger charge is 2.46. The summed E-state index contributed by atoms with van der Waals surface area (Å²) in [4.78, 5) is 41.4. The summed E-state index contributed by atoms with van der Waals surface area (Å²) in [5, 5.41) is 10.1. The van der Waals surface area contributed by atoms with Gasteiger partial charge in [-0.3, -0.25) is 19.1 Å². The zero-order chi connectivity index (χ0) is 24.3. The summed E-state index contributed by atoms with van der Waals surface area (Å²) in [6.45, 7) is 2.56. The van der Waals surface area contributed by atoms with Gasteiger partial charge in [0, 0.05) is 31.1 Å². The van der Waals surface area contributed by atoms with Crippen molar-refractivity contribution < 1.29 is 14.4 Å². The van der Waals surface area contributed by atoms with Crippen LogP contribution in [0, 0.1) is 0 Å². The highest BCUT2D eigenvalue weighted by Crippen LogP contribution is 2.26. The molecule has 0 spiro atoms. The van der Waals surface area contributed by atoms with Gasteiger partial charge in [0.05, 0.1) is 6.54 Å². The molecular weight excluding hydrogens is 450 g/mol. The Balaban J connectivity index is 1.45. The average Bonchev–Trinajstić information content (AvgIpc) is 3.29. The Bertz CT molecular complexity index is 1210. The number of fused-ring (bicyclic) bond motifs is 1. The number of hydrogen-bond acceptors (Lipinski definition) is 5. The molecule has 0 aliphatic carbocycles. The van der Waals surface area contributed by atoms with Crippen molar-refractivity contribution in [1.82, 2.24) is 25.3 Å². The highest BCUT2D eigenvalue weighted by molar-refractivity contribution is 7.98. The molecule has 1 unspecified atom stereocenters. The SMILES string of the molecule is CSc1ccc(CNC(=O)c2cc3n(n2)CC(C)(C(=O)NCc2ccccc2)N(C)C3=O)cc1. The zero-order valence-corrected chi connectivity index (χ0v) is 20.2. The van der Waals surface area contributed by atoms with Crippen LogP contribution < -0.4 is 10.6 Å². The maximum absolute atomic E-state index is 13.1. The normalized spacial score (nSPS) is 17.3. The Morgan fingerprint density at radius 1 is 1.03 bits per heavy atom. The topological polar surface area (TPSA) is 96.3 Å². The smallest absolute Gasteiger partial charge is 0.272 e. The molecule has 2 aromatic carbocycles. The van der Waals surface area contributed by atoms with Gasteiger partial charge in [0.1, 0.15) is 11.2 Å². The molecule has 0 saturated heterocycles. The number of carbonyl (C=O) groups is 3. The van der Waals surface area contributed by atoms with Gasteiger partial charge >= 0.3 is 0 Å². The lowest BCUT2D eigenvalue weighted by atomic mass is 9.96. The van der Waals surface area contributed by atoms with Crippen molar-refractivity contribution in [3.8, 4) is 0 Å². The van der Waals surface area contributed by atoms with Crippen LogP contribution >= 0.6 is 11.8 Å². The number of benzene rings is 2. The first-order valence-electron chi connectivity index (χ1n) is 10.9. The van der Waals surface area contributed by atoms with Gasteiger partial charge in [0.25, 0.3) is 11.8 Å². The lowest BCUT2D eigenvalue weighted by molar-refractivity contribution is -0.132. The Morgan fingerprint density at radius 2 is 1.68 bits per heavy atom. The molecule has 0 saturated carbocycles. The molecule has 0 fully saturated rings. The van der Waals surface area contributed by atoms with Crippen molar-refractivity contribution in [3.63, 3.8) is 0 Å². The molecule has 9 heteroatoms. The maximum atomic E-state index is 13.1. The summed E-state index contributed by atoms with van der Waals surface area (Å²) in [5.74, 6) is -1.02. The van der Waals surface area contributed by atoms with Gasteiger partial charge in [-0.1, -0.05) is 42.5 Å². The molecule has 1 atom stereocenters. The van der Waals surface area contributed by atoms with E-state index < -0.39 is 5.54 Å². The minimum atomic E-state index is -1.14. The largest absolute Gasteiger partial charge is 0.350 e. The summed E-state index contributed by atoms with van der Waals surface area (Å²) in [6, 6.07) is 19.0. The third-order valence-electron chi connectivity index (χ3n) is 6.13. The van der Waals surface area contributed by atoms with E-state index in [9.17, 15) is 14.4 Å². The van der Waals surface area contributed by atoms with E-state index in [4.69, 9.17) is 0 Å². The molecule has 8 nitrogen and oxygen atoms in total. The fourth-order valence-corrected chi connectivity index (χ4v) is 4.23. The maximum Gasteiger partial charge on any atom is 0.272 e. The van der Waals surface area contributed by atoms with Crippen LogP contribution in [0.3, 0.4) is 0 Å². The van der Waals surface area contributed by atoms with Crippen molar-refractivity contribution in [1.29, 1.82) is 0 Å². The Kier molecular flexibility index (Phi) is 6.74. The van der Waals surface area contributed by atoms with E-state index in [-0.39, 0.29) is 35.7 Å². The number of aromatic nitrogens is 2. The molecule has 1 aliphatic heterocycles. The summed E-state index contributed by atoms with van der Waals surface area (Å²) < 4.78 is 1.45. The van der Waals surface area contributed by atoms with Crippen LogP contribution in [0.5, 0.6) is 0 Å². The minimum Gasteiger partial charge on any atom is -0.350 e. The van der Waals surface area contributed by atoms with Gasteiger partial charge in [-0.15, -0.1) is 11.8 Å². The number of amides is 3. The number of hydrogen-bond donors (Lipinski definition) is 2. The van der Waals surface area contributed by atoms with Crippen LogP contribution in [0.15, 0.2) is 65.6 Å². The van der Waals surface area contributed by atoms with Crippen LogP contribution in [0.2, 0.25) is 0 Å². The molecule has 1 aromatic heterocycles. The number of thioether (sulfide) groups is 1. The van der Waals surface area contributed by atoms with Crippen molar-refractivity contribution in [2.75, 3.05) is 13.3 Å². The quantitative estimate of drug-likeness (QED) is 0.510. The van der Waals surface area contributed by atoms with E-state index in [1.165, 1.54) is 15.6 Å². The van der Waals surface area contributed by atoms with E-state index in [0.717, 1.165) is 16.0 Å². The number of rotatable bonds is 7. The Hall–Kier alpha value is -3.59. The zero-order valence-electron chi connectivity index (χ0n) is 19.4. The van der Waals surface area contributed by atoms with Crippen LogP contribution in [0.4, 0.5) is 0 Å². The molecule has 2 heterocycles. The van der Waals surface area contributed by atoms with Gasteiger partial charge in [-0.2, -0.15) is 5.10 Å². The van der Waals surface area contributed by atoms with Crippen molar-refractivity contribution >= 4 is 29.5 Å². The highest BCUT2D eigenvalue weighted by atomic mass is 32.2. The third kappa shape index (κ3) is 4.70. The molecule has 176 valence electrons. The summed E-state index contributed by atoms with van der Waals surface area (Å²) in [6.07, 6.45) is 2.01. The lowest BCUT2D eigenvalue weighted by Crippen LogP contribution is -2.62. The lowest BCUT2D eigenvalue weighted by Gasteiger charge is -2.40. The van der Waals surface area contributed by atoms with E-state index >= 15 is 0 Å². The summed E-state index contributed by atoms with van der Waals surface area (Å²) >= 11 is 1.65. The van der Waals surface area contributed by atoms with Crippen molar-refractivity contribution in [2.24, 2.45) is 0 Å². The third-order valence-corrected chi connectivity index (χ3v) is 6.88. The molecule has 0 radical (unpaired) electrons. The van der Waals surface area contributed by atoms with Crippen LogP contribution in [-0.2, 0) is 24.4 Å². The Labute approximate surface area is 202 Å². The molecule has 1 aliphatic rings. The van der Waals surface area contributed by atoms with Crippen LogP contribution in [-0.4, -0.2) is 51.2 Å². The van der Waals surface area contributed by atoms with Crippen LogP contribution in [0.25, 0.3) is 0 Å². The first-order valence-corrected chi connectivity index (χ1v) is 12.1. The summed E-state index contributed by atoms with van der Waals surface area (Å²) in [7, 11) is 1.60. The molecule has 3 aromatic rings. The van der Waals surface area contributed by atoms with E-state index in [0.29, 0.717) is 13.1 Å². The summed E-state index contributed by atoms with van der Waals surface area (Å²) in [5.41, 5.74) is 1.22. The van der Waals surface area contributed by atoms with Crippen LogP contribution in [0.1, 0.15) is 39.0 Å². The van der Waals surface area contributed by atoms with E-state index in [1.807, 2.05) is 60.9 Å². The first kappa shape index (κ1) is 23.6. The standard InChI is InChI=1S/C25H27N5O3S/c1-25(24(33)27-15-17-7-5-4-6-8-17)16-30-21(23(32)29(25)2)13-20(28-30)22(31)26-14-18-9-11-19(34-3)12-10-18/h4-13H,14-16H2,1-3H3,(H,26,31)(H,27,33). The number of nitrogens with one attached hydrogen (secondary N) is 2. The number of likely N-dealkylation sites (N-methyl/N-ethyl adjacent to an activating group) is 1. The molecular formula is C25H27N5O3S. The van der Waals surface area contributed by atoms with E-state index in [2.05, 4.69) is 15.7 Å². The minimum absolute atomic E-state index is 0.145. The second-order valence-electron chi connectivity index (χ2n) is 8.41. The molecule has 3 amide bonds. The van der Waals surface area contributed by atoms with Gasteiger partial charge in [-0.25, -0.2) is 0 Å². The fourth-order valence-electron chi connectivity index (χ4n) is 3.82. The van der Waals surface area contributed by atoms with E-state index in [1.54, 1.807) is 25.7 Å². The molecule has 0 bridgehead atoms. The Morgan fingerprint density at radius 3 is 2.35 bits per heavy atom. The van der Waals surface area contributed by atoms with Crippen molar-refractivity contribution in [3.05, 3.63) is 83.2 Å². The fraction of sp³-hybridized carbons (Fsp3) is 0.280. The predicted molar refractivity (Wildman–Crippen MR) is 130 cm³/mol. The first-order chi connectivity index (χ1) is 16.3. The molecule has 4 rings (SSSR count). The van der Waals surface area contributed by atoms with Crippen molar-refractivity contribution in [2.45, 2.75) is 37.0 Å². The number of carbonyl (C=O) groups excluding carboxylic acids is 3. The molecule has 34 heavy (non-hydrogen) atoms. The van der Waals surface area contributed by atoms with Gasteiger partial charge in [-0.05, 0) is 36.4 Å². The molecule has 2 N–H and O–H groups in total. The number of nitrogens with zero attached hydrogens (tertiary/aromatic N) is 3. The monoisotopic (exact) mass is 477 g/mol. The van der Waals surface area contributed by atoms with Gasteiger partial charge in [0.15, 0.2) is 5.69 Å². The second-order valence-corrected chi connectivity index (χ2v) is 9.29. The van der Waals surface area contributed by atoms with Gasteiger partial charge in [0.2, 0.25) is 5.91 Å².